The first-order chi connectivity index (χ1) is 9.06. The van der Waals surface area contributed by atoms with Crippen LogP contribution in [0.3, 0.4) is 0 Å². The molecule has 19 heavy (non-hydrogen) atoms. The molecular weight excluding hydrogens is 260 g/mol. The number of aliphatic hydroxyl groups excluding tert-OH is 1. The van der Waals surface area contributed by atoms with Crippen LogP contribution in [0, 0.1) is 6.92 Å². The summed E-state index contributed by atoms with van der Waals surface area (Å²) >= 11 is 6.15. The van der Waals surface area contributed by atoms with Gasteiger partial charge in [0.2, 0.25) is 0 Å². The summed E-state index contributed by atoms with van der Waals surface area (Å²) in [4.78, 5) is 0. The maximum Gasteiger partial charge on any atom is 0.119 e. The minimum Gasteiger partial charge on any atom is -0.489 e. The van der Waals surface area contributed by atoms with Gasteiger partial charge in [-0.05, 0) is 43.2 Å². The van der Waals surface area contributed by atoms with Crippen molar-refractivity contribution in [3.05, 3.63) is 64.2 Å². The first kappa shape index (κ1) is 13.9. The van der Waals surface area contributed by atoms with Gasteiger partial charge in [0.05, 0.1) is 6.10 Å². The van der Waals surface area contributed by atoms with Gasteiger partial charge in [-0.15, -0.1) is 0 Å². The number of aliphatic hydroxyl groups is 1. The standard InChI is InChI=1S/C16H17ClO2/c1-11-3-4-14(16(17)9-11)10-19-15-7-5-13(6-8-15)12(2)18/h3-9,12,18H,10H2,1-2H3. The molecule has 0 aliphatic rings. The second-order valence-corrected chi connectivity index (χ2v) is 5.04. The van der Waals surface area contributed by atoms with E-state index in [9.17, 15) is 5.11 Å². The minimum atomic E-state index is -0.458. The van der Waals surface area contributed by atoms with E-state index in [0.717, 1.165) is 27.5 Å². The van der Waals surface area contributed by atoms with Crippen molar-refractivity contribution in [3.63, 3.8) is 0 Å². The molecule has 0 saturated carbocycles. The molecule has 0 spiro atoms. The molecule has 0 amide bonds. The highest BCUT2D eigenvalue weighted by atomic mass is 35.5. The molecule has 2 aromatic carbocycles. The molecule has 0 aliphatic heterocycles. The van der Waals surface area contributed by atoms with E-state index in [1.54, 1.807) is 6.92 Å². The molecule has 100 valence electrons. The molecule has 0 fully saturated rings. The highest BCUT2D eigenvalue weighted by Crippen LogP contribution is 2.21. The molecule has 0 saturated heterocycles. The molecule has 0 radical (unpaired) electrons. The first-order valence-electron chi connectivity index (χ1n) is 6.22. The zero-order chi connectivity index (χ0) is 13.8. The molecular formula is C16H17ClO2. The predicted molar refractivity (Wildman–Crippen MR) is 77.6 cm³/mol. The highest BCUT2D eigenvalue weighted by Gasteiger charge is 2.03. The van der Waals surface area contributed by atoms with Crippen LogP contribution in [0.15, 0.2) is 42.5 Å². The second kappa shape index (κ2) is 6.09. The summed E-state index contributed by atoms with van der Waals surface area (Å²) in [6, 6.07) is 13.3. The summed E-state index contributed by atoms with van der Waals surface area (Å²) in [7, 11) is 0. The van der Waals surface area contributed by atoms with Crippen LogP contribution >= 0.6 is 11.6 Å². The molecule has 1 atom stereocenters. The van der Waals surface area contributed by atoms with E-state index >= 15 is 0 Å². The zero-order valence-electron chi connectivity index (χ0n) is 11.1. The lowest BCUT2D eigenvalue weighted by atomic mass is 10.1. The molecule has 0 aromatic heterocycles. The van der Waals surface area contributed by atoms with Gasteiger partial charge >= 0.3 is 0 Å². The monoisotopic (exact) mass is 276 g/mol. The van der Waals surface area contributed by atoms with Crippen LogP contribution in [0.2, 0.25) is 5.02 Å². The van der Waals surface area contributed by atoms with Gasteiger partial charge in [-0.3, -0.25) is 0 Å². The SMILES string of the molecule is Cc1ccc(COc2ccc(C(C)O)cc2)c(Cl)c1. The third kappa shape index (κ3) is 3.72. The van der Waals surface area contributed by atoms with Gasteiger partial charge < -0.3 is 9.84 Å². The van der Waals surface area contributed by atoms with E-state index in [2.05, 4.69) is 0 Å². The Kier molecular flexibility index (Phi) is 4.46. The quantitative estimate of drug-likeness (QED) is 0.903. The van der Waals surface area contributed by atoms with Gasteiger partial charge in [0, 0.05) is 10.6 Å². The topological polar surface area (TPSA) is 29.5 Å². The number of hydrogen-bond donors (Lipinski definition) is 1. The zero-order valence-corrected chi connectivity index (χ0v) is 11.8. The predicted octanol–water partition coefficient (Wildman–Crippen LogP) is 4.28. The van der Waals surface area contributed by atoms with Crippen molar-refractivity contribution in [2.24, 2.45) is 0 Å². The molecule has 2 aromatic rings. The summed E-state index contributed by atoms with van der Waals surface area (Å²) < 4.78 is 5.68. The summed E-state index contributed by atoms with van der Waals surface area (Å²) in [6.45, 7) is 4.18. The van der Waals surface area contributed by atoms with E-state index < -0.39 is 6.10 Å². The molecule has 1 N–H and O–H groups in total. The summed E-state index contributed by atoms with van der Waals surface area (Å²) in [6.07, 6.45) is -0.458. The van der Waals surface area contributed by atoms with Crippen LogP contribution in [0.1, 0.15) is 29.7 Å². The Morgan fingerprint density at radius 1 is 1.16 bits per heavy atom. The fraction of sp³-hybridized carbons (Fsp3) is 0.250. The Labute approximate surface area is 118 Å². The van der Waals surface area contributed by atoms with Crippen LogP contribution in [0.4, 0.5) is 0 Å². The lowest BCUT2D eigenvalue weighted by Crippen LogP contribution is -1.97. The molecule has 0 aliphatic carbocycles. The summed E-state index contributed by atoms with van der Waals surface area (Å²) in [5.41, 5.74) is 2.97. The Morgan fingerprint density at radius 2 is 1.84 bits per heavy atom. The van der Waals surface area contributed by atoms with Crippen molar-refractivity contribution in [1.29, 1.82) is 0 Å². The van der Waals surface area contributed by atoms with Crippen molar-refractivity contribution in [1.82, 2.24) is 0 Å². The maximum atomic E-state index is 9.43. The summed E-state index contributed by atoms with van der Waals surface area (Å²) in [5, 5.41) is 10.1. The van der Waals surface area contributed by atoms with E-state index in [0.29, 0.717) is 6.61 Å². The van der Waals surface area contributed by atoms with E-state index in [4.69, 9.17) is 16.3 Å². The van der Waals surface area contributed by atoms with Crippen molar-refractivity contribution in [3.8, 4) is 5.75 Å². The Morgan fingerprint density at radius 3 is 2.42 bits per heavy atom. The molecule has 0 bridgehead atoms. The van der Waals surface area contributed by atoms with Gasteiger partial charge in [0.25, 0.3) is 0 Å². The average Bonchev–Trinajstić information content (AvgIpc) is 2.38. The fourth-order valence-corrected chi connectivity index (χ4v) is 2.06. The van der Waals surface area contributed by atoms with Gasteiger partial charge in [0.15, 0.2) is 0 Å². The van der Waals surface area contributed by atoms with Crippen molar-refractivity contribution < 1.29 is 9.84 Å². The minimum absolute atomic E-state index is 0.438. The third-order valence-electron chi connectivity index (χ3n) is 2.97. The van der Waals surface area contributed by atoms with Crippen LogP contribution in [0.25, 0.3) is 0 Å². The smallest absolute Gasteiger partial charge is 0.119 e. The summed E-state index contributed by atoms with van der Waals surface area (Å²) in [5.74, 6) is 0.765. The number of benzene rings is 2. The lowest BCUT2D eigenvalue weighted by Gasteiger charge is -2.10. The van der Waals surface area contributed by atoms with E-state index in [1.807, 2.05) is 49.4 Å². The van der Waals surface area contributed by atoms with Crippen molar-refractivity contribution in [2.45, 2.75) is 26.6 Å². The number of hydrogen-bond acceptors (Lipinski definition) is 2. The highest BCUT2D eigenvalue weighted by molar-refractivity contribution is 6.31. The van der Waals surface area contributed by atoms with Gasteiger partial charge in [-0.1, -0.05) is 35.9 Å². The van der Waals surface area contributed by atoms with Crippen molar-refractivity contribution in [2.75, 3.05) is 0 Å². The normalized spacial score (nSPS) is 12.2. The lowest BCUT2D eigenvalue weighted by molar-refractivity contribution is 0.199. The Hall–Kier alpha value is -1.51. The Balaban J connectivity index is 2.02. The second-order valence-electron chi connectivity index (χ2n) is 4.63. The van der Waals surface area contributed by atoms with Crippen LogP contribution in [-0.2, 0) is 6.61 Å². The maximum absolute atomic E-state index is 9.43. The average molecular weight is 277 g/mol. The van der Waals surface area contributed by atoms with E-state index in [-0.39, 0.29) is 0 Å². The number of aryl methyl sites for hydroxylation is 1. The molecule has 2 rings (SSSR count). The molecule has 1 unspecified atom stereocenters. The van der Waals surface area contributed by atoms with Crippen molar-refractivity contribution >= 4 is 11.6 Å². The van der Waals surface area contributed by atoms with Crippen LogP contribution < -0.4 is 4.74 Å². The first-order valence-corrected chi connectivity index (χ1v) is 6.60. The number of ether oxygens (including phenoxy) is 1. The number of halogens is 1. The van der Waals surface area contributed by atoms with Gasteiger partial charge in [0.1, 0.15) is 12.4 Å². The molecule has 0 heterocycles. The van der Waals surface area contributed by atoms with Gasteiger partial charge in [-0.2, -0.15) is 0 Å². The molecule has 3 heteroatoms. The third-order valence-corrected chi connectivity index (χ3v) is 3.32. The van der Waals surface area contributed by atoms with Crippen LogP contribution in [0.5, 0.6) is 5.75 Å². The largest absolute Gasteiger partial charge is 0.489 e. The number of rotatable bonds is 4. The van der Waals surface area contributed by atoms with Crippen LogP contribution in [-0.4, -0.2) is 5.11 Å². The Bertz CT molecular complexity index is 547. The van der Waals surface area contributed by atoms with E-state index in [1.165, 1.54) is 0 Å². The van der Waals surface area contributed by atoms with Gasteiger partial charge in [-0.25, -0.2) is 0 Å². The molecule has 2 nitrogen and oxygen atoms in total. The fourth-order valence-electron chi connectivity index (χ4n) is 1.77.